The van der Waals surface area contributed by atoms with Crippen molar-refractivity contribution < 1.29 is 21.6 Å². The minimum Gasteiger partial charge on any atom is -0.322 e. The molecule has 0 fully saturated rings. The first kappa shape index (κ1) is 24.3. The molecule has 0 aromatic heterocycles. The van der Waals surface area contributed by atoms with Crippen molar-refractivity contribution in [3.8, 4) is 0 Å². The van der Waals surface area contributed by atoms with E-state index in [-0.39, 0.29) is 11.4 Å². The second-order valence-electron chi connectivity index (χ2n) is 7.43. The van der Waals surface area contributed by atoms with E-state index in [2.05, 4.69) is 10.0 Å². The zero-order chi connectivity index (χ0) is 24.2. The molecule has 0 bridgehead atoms. The maximum absolute atomic E-state index is 12.6. The van der Waals surface area contributed by atoms with Gasteiger partial charge in [0.05, 0.1) is 16.8 Å². The van der Waals surface area contributed by atoms with E-state index in [1.165, 1.54) is 40.7 Å². The van der Waals surface area contributed by atoms with Gasteiger partial charge in [-0.15, -0.1) is 0 Å². The Morgan fingerprint density at radius 2 is 1.52 bits per heavy atom. The average Bonchev–Trinajstić information content (AvgIpc) is 2.74. The molecule has 0 aliphatic rings. The van der Waals surface area contributed by atoms with Gasteiger partial charge in [-0.2, -0.15) is 0 Å². The highest BCUT2D eigenvalue weighted by molar-refractivity contribution is 7.92. The van der Waals surface area contributed by atoms with Gasteiger partial charge >= 0.3 is 0 Å². The summed E-state index contributed by atoms with van der Waals surface area (Å²) in [6.07, 6.45) is 1.12. The van der Waals surface area contributed by atoms with E-state index in [0.29, 0.717) is 22.6 Å². The lowest BCUT2D eigenvalue weighted by atomic mass is 10.2. The first-order valence-corrected chi connectivity index (χ1v) is 13.4. The largest absolute Gasteiger partial charge is 0.322 e. The van der Waals surface area contributed by atoms with Crippen molar-refractivity contribution in [2.75, 3.05) is 27.1 Å². The van der Waals surface area contributed by atoms with Crippen molar-refractivity contribution in [2.45, 2.75) is 18.7 Å². The highest BCUT2D eigenvalue weighted by Crippen LogP contribution is 2.21. The second-order valence-corrected chi connectivity index (χ2v) is 11.0. The monoisotopic (exact) mass is 487 g/mol. The smallest absolute Gasteiger partial charge is 0.261 e. The molecule has 33 heavy (non-hydrogen) atoms. The van der Waals surface area contributed by atoms with Crippen LogP contribution in [0.2, 0.25) is 0 Å². The van der Waals surface area contributed by atoms with E-state index in [0.717, 1.165) is 11.8 Å². The fourth-order valence-electron chi connectivity index (χ4n) is 3.23. The van der Waals surface area contributed by atoms with E-state index >= 15 is 0 Å². The molecule has 2 N–H and O–H groups in total. The summed E-state index contributed by atoms with van der Waals surface area (Å²) in [4.78, 5) is 12.6. The summed E-state index contributed by atoms with van der Waals surface area (Å²) in [7, 11) is -7.18. The van der Waals surface area contributed by atoms with Gasteiger partial charge in [0.25, 0.3) is 15.9 Å². The fourth-order valence-corrected chi connectivity index (χ4v) is 5.25. The molecule has 0 heterocycles. The van der Waals surface area contributed by atoms with Crippen molar-refractivity contribution in [2.24, 2.45) is 0 Å². The van der Waals surface area contributed by atoms with Crippen molar-refractivity contribution in [1.82, 2.24) is 0 Å². The predicted molar refractivity (Wildman–Crippen MR) is 131 cm³/mol. The Morgan fingerprint density at radius 1 is 0.879 bits per heavy atom. The van der Waals surface area contributed by atoms with Gasteiger partial charge in [0, 0.05) is 23.5 Å². The Kier molecular flexibility index (Phi) is 7.09. The third-order valence-electron chi connectivity index (χ3n) is 4.80. The molecule has 0 saturated heterocycles. The van der Waals surface area contributed by atoms with E-state index in [1.807, 2.05) is 13.0 Å². The molecule has 0 radical (unpaired) electrons. The quantitative estimate of drug-likeness (QED) is 0.501. The minimum absolute atomic E-state index is 0.0618. The van der Waals surface area contributed by atoms with Crippen LogP contribution in [0.15, 0.2) is 77.7 Å². The van der Waals surface area contributed by atoms with Crippen molar-refractivity contribution >= 4 is 43.0 Å². The number of anilines is 3. The summed E-state index contributed by atoms with van der Waals surface area (Å²) in [5.41, 5.74) is 2.62. The van der Waals surface area contributed by atoms with E-state index < -0.39 is 26.0 Å². The Morgan fingerprint density at radius 3 is 2.06 bits per heavy atom. The van der Waals surface area contributed by atoms with Crippen molar-refractivity contribution in [3.63, 3.8) is 0 Å². The molecule has 10 heteroatoms. The van der Waals surface area contributed by atoms with E-state index in [4.69, 9.17) is 0 Å². The van der Waals surface area contributed by atoms with Gasteiger partial charge in [0.15, 0.2) is 0 Å². The molecular weight excluding hydrogens is 462 g/mol. The molecule has 3 rings (SSSR count). The van der Waals surface area contributed by atoms with Crippen LogP contribution in [-0.2, 0) is 20.0 Å². The van der Waals surface area contributed by atoms with Crippen LogP contribution in [0.1, 0.15) is 22.8 Å². The standard InChI is InChI=1S/C23H25N3O5S2/c1-4-26(32(3,28)29)21-12-8-18(9-13-21)23(27)24-19-10-14-22(15-11-19)33(30,31)25-20-7-5-6-17(2)16-20/h5-16,25H,4H2,1-3H3,(H,24,27). The summed E-state index contributed by atoms with van der Waals surface area (Å²) in [6.45, 7) is 3.87. The lowest BCUT2D eigenvalue weighted by molar-refractivity contribution is 0.102. The normalized spacial score (nSPS) is 11.6. The zero-order valence-electron chi connectivity index (χ0n) is 18.4. The maximum Gasteiger partial charge on any atom is 0.261 e. The number of hydrogen-bond donors (Lipinski definition) is 2. The lowest BCUT2D eigenvalue weighted by Gasteiger charge is -2.20. The van der Waals surface area contributed by atoms with E-state index in [9.17, 15) is 21.6 Å². The van der Waals surface area contributed by atoms with Crippen LogP contribution in [0, 0.1) is 6.92 Å². The van der Waals surface area contributed by atoms with Gasteiger partial charge in [-0.25, -0.2) is 16.8 Å². The Labute approximate surface area is 194 Å². The summed E-state index contributed by atoms with van der Waals surface area (Å²) >= 11 is 0. The third kappa shape index (κ3) is 6.11. The first-order valence-electron chi connectivity index (χ1n) is 10.1. The van der Waals surface area contributed by atoms with Gasteiger partial charge < -0.3 is 5.32 Å². The molecular formula is C23H25N3O5S2. The van der Waals surface area contributed by atoms with Gasteiger partial charge in [-0.05, 0) is 80.1 Å². The number of sulfonamides is 2. The summed E-state index contributed by atoms with van der Waals surface area (Å²) in [5, 5.41) is 2.70. The van der Waals surface area contributed by atoms with Gasteiger partial charge in [-0.1, -0.05) is 12.1 Å². The molecule has 0 atom stereocenters. The molecule has 3 aromatic carbocycles. The number of aryl methyl sites for hydroxylation is 1. The molecule has 3 aromatic rings. The van der Waals surface area contributed by atoms with Gasteiger partial charge in [0.2, 0.25) is 10.0 Å². The van der Waals surface area contributed by atoms with Crippen LogP contribution in [0.5, 0.6) is 0 Å². The molecule has 8 nitrogen and oxygen atoms in total. The van der Waals surface area contributed by atoms with Gasteiger partial charge in [-0.3, -0.25) is 13.8 Å². The predicted octanol–water partition coefficient (Wildman–Crippen LogP) is 3.83. The minimum atomic E-state index is -3.77. The topological polar surface area (TPSA) is 113 Å². The van der Waals surface area contributed by atoms with Crippen LogP contribution in [-0.4, -0.2) is 35.5 Å². The molecule has 174 valence electrons. The number of nitrogens with one attached hydrogen (secondary N) is 2. The summed E-state index contributed by atoms with van der Waals surface area (Å²) in [5.74, 6) is -0.405. The summed E-state index contributed by atoms with van der Waals surface area (Å²) < 4.78 is 52.6. The molecule has 0 saturated carbocycles. The maximum atomic E-state index is 12.6. The molecule has 0 aliphatic carbocycles. The molecule has 0 spiro atoms. The Bertz CT molecular complexity index is 1350. The Balaban J connectivity index is 1.70. The average molecular weight is 488 g/mol. The van der Waals surface area contributed by atoms with E-state index in [1.54, 1.807) is 37.3 Å². The number of nitrogens with zero attached hydrogens (tertiary/aromatic N) is 1. The van der Waals surface area contributed by atoms with Crippen LogP contribution >= 0.6 is 0 Å². The third-order valence-corrected chi connectivity index (χ3v) is 7.46. The van der Waals surface area contributed by atoms with Crippen molar-refractivity contribution in [3.05, 3.63) is 83.9 Å². The lowest BCUT2D eigenvalue weighted by Crippen LogP contribution is -2.29. The van der Waals surface area contributed by atoms with Crippen LogP contribution in [0.4, 0.5) is 17.1 Å². The highest BCUT2D eigenvalue weighted by atomic mass is 32.2. The van der Waals surface area contributed by atoms with Crippen LogP contribution in [0.25, 0.3) is 0 Å². The second kappa shape index (κ2) is 9.63. The first-order chi connectivity index (χ1) is 15.5. The zero-order valence-corrected chi connectivity index (χ0v) is 20.1. The van der Waals surface area contributed by atoms with Crippen LogP contribution < -0.4 is 14.3 Å². The molecule has 0 unspecified atom stereocenters. The van der Waals surface area contributed by atoms with Crippen LogP contribution in [0.3, 0.4) is 0 Å². The Hall–Kier alpha value is -3.37. The number of rotatable bonds is 8. The fraction of sp³-hybridized carbons (Fsp3) is 0.174. The number of amides is 1. The van der Waals surface area contributed by atoms with Gasteiger partial charge in [0.1, 0.15) is 0 Å². The SMILES string of the molecule is CCN(c1ccc(C(=O)Nc2ccc(S(=O)(=O)Nc3cccc(C)c3)cc2)cc1)S(C)(=O)=O. The molecule has 1 amide bonds. The highest BCUT2D eigenvalue weighted by Gasteiger charge is 2.17. The molecule has 0 aliphatic heterocycles. The number of benzene rings is 3. The number of hydrogen-bond acceptors (Lipinski definition) is 5. The number of carbonyl (C=O) groups excluding carboxylic acids is 1. The number of carbonyl (C=O) groups is 1. The summed E-state index contributed by atoms with van der Waals surface area (Å²) in [6, 6.07) is 19.0. The van der Waals surface area contributed by atoms with Crippen molar-refractivity contribution in [1.29, 1.82) is 0 Å².